The zero-order valence-corrected chi connectivity index (χ0v) is 15.7. The van der Waals surface area contributed by atoms with E-state index in [1.54, 1.807) is 25.1 Å². The number of fused-ring (bicyclic) bond motifs is 1. The zero-order chi connectivity index (χ0) is 19.7. The second kappa shape index (κ2) is 7.59. The first kappa shape index (κ1) is 18.4. The van der Waals surface area contributed by atoms with Gasteiger partial charge in [-0.15, -0.1) is 0 Å². The van der Waals surface area contributed by atoms with Crippen molar-refractivity contribution in [1.29, 1.82) is 0 Å². The summed E-state index contributed by atoms with van der Waals surface area (Å²) in [6.07, 6.45) is 0.541. The first-order chi connectivity index (χ1) is 13.5. The molecule has 2 aromatic carbocycles. The van der Waals surface area contributed by atoms with Crippen LogP contribution >= 0.6 is 11.6 Å². The fourth-order valence-electron chi connectivity index (χ4n) is 3.05. The molecule has 0 aliphatic carbocycles. The van der Waals surface area contributed by atoms with Crippen LogP contribution in [0.1, 0.15) is 24.4 Å². The molecule has 4 rings (SSSR count). The molecule has 1 aromatic heterocycles. The second-order valence-corrected chi connectivity index (χ2v) is 7.09. The Kier molecular flexibility index (Phi) is 5.00. The number of benzene rings is 2. The monoisotopic (exact) mass is 401 g/mol. The van der Waals surface area contributed by atoms with E-state index in [1.807, 2.05) is 12.1 Å². The number of ether oxygens (including phenoxy) is 1. The van der Waals surface area contributed by atoms with E-state index in [0.29, 0.717) is 22.8 Å². The lowest BCUT2D eigenvalue weighted by Gasteiger charge is -2.25. The van der Waals surface area contributed by atoms with Crippen molar-refractivity contribution in [2.75, 3.05) is 6.61 Å². The Bertz CT molecular complexity index is 1010. The molecule has 2 atom stereocenters. The van der Waals surface area contributed by atoms with Crippen molar-refractivity contribution >= 4 is 17.5 Å². The predicted molar refractivity (Wildman–Crippen MR) is 100 cm³/mol. The number of carbonyl (C=O) groups excluding carboxylic acids is 1. The van der Waals surface area contributed by atoms with Gasteiger partial charge in [0.05, 0.1) is 5.92 Å². The molecule has 0 bridgehead atoms. The van der Waals surface area contributed by atoms with Gasteiger partial charge in [-0.05, 0) is 61.4 Å². The molecule has 8 heteroatoms. The molecule has 1 aliphatic rings. The van der Waals surface area contributed by atoms with Crippen LogP contribution in [0.2, 0.25) is 5.02 Å². The Morgan fingerprint density at radius 3 is 2.86 bits per heavy atom. The second-order valence-electron chi connectivity index (χ2n) is 6.66. The summed E-state index contributed by atoms with van der Waals surface area (Å²) in [6, 6.07) is 10.7. The molecule has 2 unspecified atom stereocenters. The highest BCUT2D eigenvalue weighted by Gasteiger charge is 2.28. The fraction of sp³-hybridized carbons (Fsp3) is 0.250. The summed E-state index contributed by atoms with van der Waals surface area (Å²) < 4.78 is 24.0. The molecule has 1 aliphatic heterocycles. The van der Waals surface area contributed by atoms with Crippen molar-refractivity contribution in [3.8, 4) is 17.1 Å². The molecule has 1 N–H and O–H groups in total. The van der Waals surface area contributed by atoms with Gasteiger partial charge in [-0.2, -0.15) is 4.98 Å². The summed E-state index contributed by atoms with van der Waals surface area (Å²) in [5.41, 5.74) is 1.53. The van der Waals surface area contributed by atoms with Gasteiger partial charge in [0.25, 0.3) is 0 Å². The third kappa shape index (κ3) is 3.84. The highest BCUT2D eigenvalue weighted by Crippen LogP contribution is 2.30. The van der Waals surface area contributed by atoms with Crippen LogP contribution in [0.25, 0.3) is 11.4 Å². The number of carbonyl (C=O) groups is 1. The number of nitrogens with zero attached hydrogens (tertiary/aromatic N) is 2. The van der Waals surface area contributed by atoms with Gasteiger partial charge in [-0.1, -0.05) is 16.8 Å². The smallest absolute Gasteiger partial charge is 0.249 e. The van der Waals surface area contributed by atoms with Crippen LogP contribution in [-0.4, -0.2) is 22.7 Å². The number of amides is 1. The Morgan fingerprint density at radius 2 is 2.07 bits per heavy atom. The average molecular weight is 402 g/mol. The van der Waals surface area contributed by atoms with Gasteiger partial charge in [-0.3, -0.25) is 4.79 Å². The van der Waals surface area contributed by atoms with Gasteiger partial charge < -0.3 is 14.6 Å². The maximum absolute atomic E-state index is 13.0. The van der Waals surface area contributed by atoms with Gasteiger partial charge in [0.1, 0.15) is 24.2 Å². The van der Waals surface area contributed by atoms with Crippen LogP contribution < -0.4 is 10.1 Å². The number of rotatable bonds is 4. The molecule has 144 valence electrons. The molecule has 0 saturated carbocycles. The Hall–Kier alpha value is -2.93. The van der Waals surface area contributed by atoms with Crippen molar-refractivity contribution in [2.45, 2.75) is 19.4 Å². The third-order valence-electron chi connectivity index (χ3n) is 4.57. The van der Waals surface area contributed by atoms with E-state index in [9.17, 15) is 9.18 Å². The summed E-state index contributed by atoms with van der Waals surface area (Å²) >= 11 is 6.03. The lowest BCUT2D eigenvalue weighted by Crippen LogP contribution is -2.38. The number of halogens is 2. The Labute approximate surface area is 165 Å². The van der Waals surface area contributed by atoms with Crippen molar-refractivity contribution in [1.82, 2.24) is 15.5 Å². The van der Waals surface area contributed by atoms with E-state index < -0.39 is 6.04 Å². The standard InChI is InChI=1S/C20H17ClFN3O3/c1-11(20-24-18(25-28-20)12-2-5-16(22)6-3-12)23-19(26)14-8-13-9-15(21)4-7-17(13)27-10-14/h2-7,9,11,14H,8,10H2,1H3,(H,23,26). The average Bonchev–Trinajstić information content (AvgIpc) is 3.18. The van der Waals surface area contributed by atoms with E-state index in [-0.39, 0.29) is 30.1 Å². The molecule has 1 amide bonds. The van der Waals surface area contributed by atoms with E-state index in [4.69, 9.17) is 20.9 Å². The summed E-state index contributed by atoms with van der Waals surface area (Å²) in [7, 11) is 0. The lowest BCUT2D eigenvalue weighted by molar-refractivity contribution is -0.127. The zero-order valence-electron chi connectivity index (χ0n) is 15.0. The quantitative estimate of drug-likeness (QED) is 0.716. The molecule has 6 nitrogen and oxygen atoms in total. The Morgan fingerprint density at radius 1 is 1.29 bits per heavy atom. The molecule has 0 radical (unpaired) electrons. The maximum atomic E-state index is 13.0. The van der Waals surface area contributed by atoms with Gasteiger partial charge >= 0.3 is 0 Å². The van der Waals surface area contributed by atoms with Crippen LogP contribution in [0.4, 0.5) is 4.39 Å². The summed E-state index contributed by atoms with van der Waals surface area (Å²) in [4.78, 5) is 16.9. The van der Waals surface area contributed by atoms with Crippen molar-refractivity contribution in [3.63, 3.8) is 0 Å². The van der Waals surface area contributed by atoms with Crippen LogP contribution in [0.5, 0.6) is 5.75 Å². The van der Waals surface area contributed by atoms with E-state index in [2.05, 4.69) is 15.5 Å². The number of hydrogen-bond donors (Lipinski definition) is 1. The topological polar surface area (TPSA) is 77.2 Å². The highest BCUT2D eigenvalue weighted by atomic mass is 35.5. The molecule has 0 spiro atoms. The molecular weight excluding hydrogens is 385 g/mol. The number of nitrogens with one attached hydrogen (secondary N) is 1. The SMILES string of the molecule is CC(NC(=O)C1COc2ccc(Cl)cc2C1)c1nc(-c2ccc(F)cc2)no1. The van der Waals surface area contributed by atoms with Gasteiger partial charge in [0.2, 0.25) is 17.6 Å². The van der Waals surface area contributed by atoms with Gasteiger partial charge in [0.15, 0.2) is 0 Å². The minimum Gasteiger partial charge on any atom is -0.492 e. The minimum atomic E-state index is -0.477. The first-order valence-electron chi connectivity index (χ1n) is 8.81. The summed E-state index contributed by atoms with van der Waals surface area (Å²) in [5.74, 6) is 0.508. The molecule has 0 fully saturated rings. The number of aromatic nitrogens is 2. The van der Waals surface area contributed by atoms with Crippen molar-refractivity contribution in [2.24, 2.45) is 5.92 Å². The summed E-state index contributed by atoms with van der Waals surface area (Å²) in [6.45, 7) is 2.05. The molecule has 3 aromatic rings. The van der Waals surface area contributed by atoms with Crippen molar-refractivity contribution < 1.29 is 18.4 Å². The maximum Gasteiger partial charge on any atom is 0.249 e. The molecule has 28 heavy (non-hydrogen) atoms. The van der Waals surface area contributed by atoms with Crippen LogP contribution in [0.3, 0.4) is 0 Å². The lowest BCUT2D eigenvalue weighted by atomic mass is 9.96. The predicted octanol–water partition coefficient (Wildman–Crippen LogP) is 3.96. The van der Waals surface area contributed by atoms with Crippen LogP contribution in [-0.2, 0) is 11.2 Å². The summed E-state index contributed by atoms with van der Waals surface area (Å²) in [5, 5.41) is 7.38. The van der Waals surface area contributed by atoms with Crippen LogP contribution in [0.15, 0.2) is 47.0 Å². The van der Waals surface area contributed by atoms with Crippen molar-refractivity contribution in [3.05, 3.63) is 64.8 Å². The van der Waals surface area contributed by atoms with Gasteiger partial charge in [0, 0.05) is 10.6 Å². The van der Waals surface area contributed by atoms with E-state index in [1.165, 1.54) is 12.1 Å². The normalized spacial score (nSPS) is 16.8. The molecule has 2 heterocycles. The van der Waals surface area contributed by atoms with Gasteiger partial charge in [-0.25, -0.2) is 4.39 Å². The third-order valence-corrected chi connectivity index (χ3v) is 4.81. The highest BCUT2D eigenvalue weighted by molar-refractivity contribution is 6.30. The number of hydrogen-bond acceptors (Lipinski definition) is 5. The van der Waals surface area contributed by atoms with Crippen LogP contribution in [0, 0.1) is 11.7 Å². The first-order valence-corrected chi connectivity index (χ1v) is 9.18. The minimum absolute atomic E-state index is 0.167. The van der Waals surface area contributed by atoms with E-state index in [0.717, 1.165) is 11.3 Å². The van der Waals surface area contributed by atoms with E-state index >= 15 is 0 Å². The largest absolute Gasteiger partial charge is 0.492 e. The fourth-order valence-corrected chi connectivity index (χ4v) is 3.25. The molecule has 0 saturated heterocycles. The Balaban J connectivity index is 1.42. The molecular formula is C20H17ClFN3O3.